The van der Waals surface area contributed by atoms with Gasteiger partial charge in [-0.05, 0) is 55.5 Å². The van der Waals surface area contributed by atoms with Crippen LogP contribution in [0.1, 0.15) is 44.4 Å². The summed E-state index contributed by atoms with van der Waals surface area (Å²) in [6.07, 6.45) is -4.38. The number of piperidine rings is 1. The molecule has 3 unspecified atom stereocenters. The molecule has 0 bridgehead atoms. The largest absolute Gasteiger partial charge is 0.419 e. The molecule has 182 valence electrons. The highest BCUT2D eigenvalue weighted by Crippen LogP contribution is 2.67. The Labute approximate surface area is 195 Å². The highest BCUT2D eigenvalue weighted by Gasteiger charge is 2.72. The van der Waals surface area contributed by atoms with E-state index in [0.29, 0.717) is 17.4 Å². The molecular weight excluding hydrogens is 479 g/mol. The van der Waals surface area contributed by atoms with Crippen LogP contribution >= 0.6 is 11.3 Å². The Bertz CT molecular complexity index is 1180. The van der Waals surface area contributed by atoms with E-state index < -0.39 is 52.7 Å². The molecule has 5 rings (SSSR count). The number of nitrogens with two attached hydrogens (primary N) is 1. The van der Waals surface area contributed by atoms with E-state index in [-0.39, 0.29) is 43.1 Å². The molecule has 5 nitrogen and oxygen atoms in total. The van der Waals surface area contributed by atoms with Gasteiger partial charge in [0.1, 0.15) is 17.7 Å². The average molecular weight is 500 g/mol. The second-order valence-electron chi connectivity index (χ2n) is 9.26. The van der Waals surface area contributed by atoms with Gasteiger partial charge in [0.15, 0.2) is 0 Å². The monoisotopic (exact) mass is 500 g/mol. The minimum atomic E-state index is -5.05. The van der Waals surface area contributed by atoms with Gasteiger partial charge in [-0.3, -0.25) is 9.59 Å². The number of benzene rings is 1. The van der Waals surface area contributed by atoms with Crippen LogP contribution in [0.25, 0.3) is 0 Å². The first-order valence-electron chi connectivity index (χ1n) is 10.8. The van der Waals surface area contributed by atoms with E-state index in [0.717, 1.165) is 4.88 Å². The number of thiophene rings is 1. The number of amides is 2. The molecule has 2 aliphatic heterocycles. The van der Waals surface area contributed by atoms with Crippen molar-refractivity contribution in [3.8, 4) is 0 Å². The van der Waals surface area contributed by atoms with Crippen molar-refractivity contribution >= 4 is 23.2 Å². The molecule has 2 aromatic rings. The lowest BCUT2D eigenvalue weighted by atomic mass is 9.76. The van der Waals surface area contributed by atoms with E-state index in [2.05, 4.69) is 0 Å². The number of hydrogen-bond acceptors (Lipinski definition) is 4. The first kappa shape index (κ1) is 23.2. The van der Waals surface area contributed by atoms with Gasteiger partial charge >= 0.3 is 6.18 Å². The topological polar surface area (TPSA) is 72.6 Å². The second-order valence-corrected chi connectivity index (χ2v) is 10.5. The number of carbonyl (C=O) groups excluding carboxylic acids is 2. The predicted octanol–water partition coefficient (Wildman–Crippen LogP) is 4.24. The van der Waals surface area contributed by atoms with Crippen LogP contribution in [0, 0.1) is 30.4 Å². The Morgan fingerprint density at radius 1 is 1.21 bits per heavy atom. The molecule has 34 heavy (non-hydrogen) atoms. The summed E-state index contributed by atoms with van der Waals surface area (Å²) in [5, 5.41) is 0. The van der Waals surface area contributed by atoms with Gasteiger partial charge in [0.2, 0.25) is 5.91 Å². The minimum absolute atomic E-state index is 0.167. The standard InChI is InChI=1S/C23H21F5N2O3S/c1-10-2-3-18(34-10)21(32)30-17(20(29)31)4-12-7-22(12,30)19(11-8-33-9-11)13-5-16(25)14(6-15(13)24)23(26,27)28/h2-3,5-6,11-12,17,19H,4,7-9H2,1H3,(H2,29,31)/t12?,17?,19-,22?/m1/s1. The number of nitrogens with zero attached hydrogens (tertiary/aromatic N) is 1. The molecule has 2 saturated heterocycles. The summed E-state index contributed by atoms with van der Waals surface area (Å²) in [7, 11) is 0. The lowest BCUT2D eigenvalue weighted by Crippen LogP contribution is -2.55. The van der Waals surface area contributed by atoms with Gasteiger partial charge in [-0.25, -0.2) is 8.78 Å². The van der Waals surface area contributed by atoms with Crippen molar-refractivity contribution in [1.82, 2.24) is 4.90 Å². The van der Waals surface area contributed by atoms with Crippen molar-refractivity contribution in [2.45, 2.75) is 43.4 Å². The van der Waals surface area contributed by atoms with Crippen LogP contribution in [0.3, 0.4) is 0 Å². The maximum atomic E-state index is 15.2. The van der Waals surface area contributed by atoms with Crippen LogP contribution < -0.4 is 5.73 Å². The average Bonchev–Trinajstić information content (AvgIpc) is 3.07. The number of ether oxygens (including phenoxy) is 1. The number of rotatable bonds is 5. The maximum absolute atomic E-state index is 15.2. The summed E-state index contributed by atoms with van der Waals surface area (Å²) in [6.45, 7) is 2.19. The predicted molar refractivity (Wildman–Crippen MR) is 112 cm³/mol. The van der Waals surface area contributed by atoms with Gasteiger partial charge in [0.05, 0.1) is 29.2 Å². The number of fused-ring (bicyclic) bond motifs is 1. The number of halogens is 5. The van der Waals surface area contributed by atoms with Crippen LogP contribution in [0.4, 0.5) is 22.0 Å². The Hall–Kier alpha value is -2.53. The van der Waals surface area contributed by atoms with Crippen molar-refractivity contribution < 1.29 is 36.3 Å². The third kappa shape index (κ3) is 3.43. The number of likely N-dealkylation sites (tertiary alicyclic amines) is 1. The van der Waals surface area contributed by atoms with E-state index in [1.165, 1.54) is 16.2 Å². The van der Waals surface area contributed by atoms with Crippen LogP contribution in [0.2, 0.25) is 0 Å². The molecule has 3 aliphatic rings. The Morgan fingerprint density at radius 3 is 2.44 bits per heavy atom. The zero-order valence-electron chi connectivity index (χ0n) is 18.0. The third-order valence-corrected chi connectivity index (χ3v) is 8.28. The van der Waals surface area contributed by atoms with E-state index >= 15 is 4.39 Å². The van der Waals surface area contributed by atoms with E-state index in [4.69, 9.17) is 10.5 Å². The molecule has 0 spiro atoms. The van der Waals surface area contributed by atoms with Crippen molar-refractivity contribution in [1.29, 1.82) is 0 Å². The van der Waals surface area contributed by atoms with Crippen LogP contribution in [0.5, 0.6) is 0 Å². The van der Waals surface area contributed by atoms with Crippen molar-refractivity contribution in [3.63, 3.8) is 0 Å². The normalized spacial score (nSPS) is 27.3. The molecule has 1 aromatic carbocycles. The Kier molecular flexibility index (Phi) is 5.29. The summed E-state index contributed by atoms with van der Waals surface area (Å²) in [5.74, 6) is -5.37. The molecule has 3 fully saturated rings. The lowest BCUT2D eigenvalue weighted by Gasteiger charge is -2.44. The van der Waals surface area contributed by atoms with Crippen LogP contribution in [-0.4, -0.2) is 41.5 Å². The maximum Gasteiger partial charge on any atom is 0.419 e. The molecule has 1 aliphatic carbocycles. The second kappa shape index (κ2) is 7.74. The first-order valence-corrected chi connectivity index (χ1v) is 11.6. The SMILES string of the molecule is Cc1ccc(C(=O)N2C(C(N)=O)CC3CC32[C@@H](c2cc(F)c(C(F)(F)F)cc2F)C2COC2)s1. The van der Waals surface area contributed by atoms with Gasteiger partial charge in [-0.2, -0.15) is 13.2 Å². The number of hydrogen-bond donors (Lipinski definition) is 1. The third-order valence-electron chi connectivity index (χ3n) is 7.29. The number of carbonyl (C=O) groups is 2. The zero-order valence-corrected chi connectivity index (χ0v) is 18.8. The number of aryl methyl sites for hydroxylation is 1. The Morgan fingerprint density at radius 2 is 1.91 bits per heavy atom. The molecule has 2 N–H and O–H groups in total. The number of primary amides is 1. The van der Waals surface area contributed by atoms with Crippen molar-refractivity contribution in [3.05, 3.63) is 56.8 Å². The van der Waals surface area contributed by atoms with Crippen LogP contribution in [-0.2, 0) is 15.7 Å². The van der Waals surface area contributed by atoms with Gasteiger partial charge < -0.3 is 15.4 Å². The van der Waals surface area contributed by atoms with Gasteiger partial charge in [0, 0.05) is 16.7 Å². The molecule has 1 aromatic heterocycles. The highest BCUT2D eigenvalue weighted by atomic mass is 32.1. The van der Waals surface area contributed by atoms with Crippen LogP contribution in [0.15, 0.2) is 24.3 Å². The fraction of sp³-hybridized carbons (Fsp3) is 0.478. The quantitative estimate of drug-likeness (QED) is 0.625. The molecular formula is C23H21F5N2O3S. The molecule has 0 radical (unpaired) electrons. The van der Waals surface area contributed by atoms with E-state index in [1.54, 1.807) is 12.1 Å². The van der Waals surface area contributed by atoms with E-state index in [9.17, 15) is 27.2 Å². The molecule has 2 amide bonds. The molecule has 11 heteroatoms. The van der Waals surface area contributed by atoms with Crippen molar-refractivity contribution in [2.75, 3.05) is 13.2 Å². The smallest absolute Gasteiger partial charge is 0.381 e. The Balaban J connectivity index is 1.63. The van der Waals surface area contributed by atoms with Gasteiger partial charge in [-0.1, -0.05) is 0 Å². The first-order chi connectivity index (χ1) is 15.9. The minimum Gasteiger partial charge on any atom is -0.381 e. The fourth-order valence-electron chi connectivity index (χ4n) is 5.75. The molecule has 3 heterocycles. The zero-order chi connectivity index (χ0) is 24.6. The highest BCUT2D eigenvalue weighted by molar-refractivity contribution is 7.13. The van der Waals surface area contributed by atoms with Gasteiger partial charge in [0.25, 0.3) is 5.91 Å². The van der Waals surface area contributed by atoms with E-state index in [1.807, 2.05) is 6.92 Å². The lowest BCUT2D eigenvalue weighted by molar-refractivity contribution is -0.140. The fourth-order valence-corrected chi connectivity index (χ4v) is 6.56. The summed E-state index contributed by atoms with van der Waals surface area (Å²) in [6, 6.07) is 3.19. The molecule has 4 atom stereocenters. The molecule has 1 saturated carbocycles. The summed E-state index contributed by atoms with van der Waals surface area (Å²) >= 11 is 1.23. The van der Waals surface area contributed by atoms with Crippen molar-refractivity contribution in [2.24, 2.45) is 17.6 Å². The van der Waals surface area contributed by atoms with Gasteiger partial charge in [-0.15, -0.1) is 11.3 Å². The summed E-state index contributed by atoms with van der Waals surface area (Å²) in [4.78, 5) is 28.5. The number of alkyl halides is 3. The summed E-state index contributed by atoms with van der Waals surface area (Å²) in [5.41, 5.74) is 2.63. The summed E-state index contributed by atoms with van der Waals surface area (Å²) < 4.78 is 74.5.